The minimum atomic E-state index is -0.121. The maximum absolute atomic E-state index is 13.4. The Kier molecular flexibility index (Phi) is 6.10. The first-order chi connectivity index (χ1) is 16.7. The molecule has 35 heavy (non-hydrogen) atoms. The third-order valence-corrected chi connectivity index (χ3v) is 7.66. The fourth-order valence-electron chi connectivity index (χ4n) is 4.63. The predicted molar refractivity (Wildman–Crippen MR) is 143 cm³/mol. The van der Waals surface area contributed by atoms with Crippen LogP contribution in [0.2, 0.25) is 0 Å². The number of carbonyl (C=O) groups excluding carboxylic acids is 1. The number of anilines is 6. The van der Waals surface area contributed by atoms with E-state index in [-0.39, 0.29) is 11.9 Å². The van der Waals surface area contributed by atoms with Crippen LogP contribution < -0.4 is 20.0 Å². The van der Waals surface area contributed by atoms with E-state index in [1.165, 1.54) is 17.0 Å². The fourth-order valence-corrected chi connectivity index (χ4v) is 5.50. The highest BCUT2D eigenvalue weighted by molar-refractivity contribution is 7.16. The van der Waals surface area contributed by atoms with Gasteiger partial charge in [-0.15, -0.1) is 11.3 Å². The zero-order chi connectivity index (χ0) is 24.9. The molecular formula is C25H32N8OS. The number of hydrogen-bond acceptors (Lipinski definition) is 9. The number of nitrogens with one attached hydrogen (secondary N) is 1. The van der Waals surface area contributed by atoms with Crippen molar-refractivity contribution < 1.29 is 4.79 Å². The topological polar surface area (TPSA) is 80.7 Å². The zero-order valence-corrected chi connectivity index (χ0v) is 22.0. The van der Waals surface area contributed by atoms with Crippen LogP contribution in [0.5, 0.6) is 0 Å². The van der Waals surface area contributed by atoms with Gasteiger partial charge in [-0.25, -0.2) is 9.97 Å². The van der Waals surface area contributed by atoms with Crippen molar-refractivity contribution in [2.45, 2.75) is 33.7 Å². The Labute approximate surface area is 210 Å². The average Bonchev–Trinajstić information content (AvgIpc) is 3.19. The molecule has 0 atom stereocenters. The molecule has 2 aromatic heterocycles. The number of amides is 1. The van der Waals surface area contributed by atoms with Gasteiger partial charge in [0.05, 0.1) is 11.2 Å². The lowest BCUT2D eigenvalue weighted by Crippen LogP contribution is -2.44. The molecule has 1 N–H and O–H groups in total. The van der Waals surface area contributed by atoms with E-state index in [0.717, 1.165) is 47.4 Å². The van der Waals surface area contributed by atoms with E-state index in [0.29, 0.717) is 23.1 Å². The minimum absolute atomic E-state index is 0.0608. The second kappa shape index (κ2) is 9.09. The highest BCUT2D eigenvalue weighted by Crippen LogP contribution is 2.42. The van der Waals surface area contributed by atoms with Crippen molar-refractivity contribution in [1.29, 1.82) is 0 Å². The third-order valence-electron chi connectivity index (χ3n) is 6.61. The summed E-state index contributed by atoms with van der Waals surface area (Å²) in [5.74, 6) is 1.05. The van der Waals surface area contributed by atoms with Crippen molar-refractivity contribution in [3.63, 3.8) is 0 Å². The summed E-state index contributed by atoms with van der Waals surface area (Å²) in [7, 11) is 4.10. The molecule has 1 amide bonds. The van der Waals surface area contributed by atoms with Crippen molar-refractivity contribution in [3.8, 4) is 0 Å². The van der Waals surface area contributed by atoms with E-state index in [4.69, 9.17) is 4.98 Å². The van der Waals surface area contributed by atoms with E-state index >= 15 is 0 Å². The van der Waals surface area contributed by atoms with Crippen LogP contribution in [-0.2, 0) is 0 Å². The summed E-state index contributed by atoms with van der Waals surface area (Å²) in [6, 6.07) is 6.40. The number of aromatic nitrogens is 3. The molecule has 3 aromatic rings. The molecular weight excluding hydrogens is 460 g/mol. The van der Waals surface area contributed by atoms with Crippen LogP contribution in [0.3, 0.4) is 0 Å². The molecule has 2 aliphatic rings. The van der Waals surface area contributed by atoms with Gasteiger partial charge in [0.1, 0.15) is 10.7 Å². The molecule has 9 nitrogen and oxygen atoms in total. The summed E-state index contributed by atoms with van der Waals surface area (Å²) >= 11 is 1.50. The third kappa shape index (κ3) is 4.32. The van der Waals surface area contributed by atoms with Gasteiger partial charge in [-0.2, -0.15) is 4.98 Å². The SMILES string of the molecule is Cc1nc2c(s1)N(C)c1nc(Nc3ccc(N4CCN(C)CC4)cc3C)ncc1N(C(C)C)C2=O. The van der Waals surface area contributed by atoms with E-state index in [1.807, 2.05) is 32.7 Å². The lowest BCUT2D eigenvalue weighted by Gasteiger charge is -2.34. The molecule has 10 heteroatoms. The van der Waals surface area contributed by atoms with Gasteiger partial charge in [0, 0.05) is 50.6 Å². The van der Waals surface area contributed by atoms with Gasteiger partial charge in [0.15, 0.2) is 11.5 Å². The van der Waals surface area contributed by atoms with Crippen molar-refractivity contribution >= 4 is 51.1 Å². The number of carbonyl (C=O) groups is 1. The summed E-state index contributed by atoms with van der Waals surface area (Å²) in [5.41, 5.74) is 4.48. The molecule has 184 valence electrons. The summed E-state index contributed by atoms with van der Waals surface area (Å²) in [6.07, 6.45) is 1.73. The molecule has 0 aliphatic carbocycles. The van der Waals surface area contributed by atoms with E-state index in [9.17, 15) is 4.79 Å². The predicted octanol–water partition coefficient (Wildman–Crippen LogP) is 4.18. The van der Waals surface area contributed by atoms with Crippen LogP contribution in [0.1, 0.15) is 34.9 Å². The van der Waals surface area contributed by atoms with Gasteiger partial charge in [-0.3, -0.25) is 9.69 Å². The Balaban J connectivity index is 1.46. The molecule has 0 unspecified atom stereocenters. The molecule has 0 radical (unpaired) electrons. The Morgan fingerprint density at radius 2 is 1.80 bits per heavy atom. The number of piperazine rings is 1. The summed E-state index contributed by atoms with van der Waals surface area (Å²) in [6.45, 7) is 12.2. The first kappa shape index (κ1) is 23.5. The number of fused-ring (bicyclic) bond motifs is 2. The number of likely N-dealkylation sites (N-methyl/N-ethyl adjacent to an activating group) is 1. The highest BCUT2D eigenvalue weighted by Gasteiger charge is 2.35. The van der Waals surface area contributed by atoms with Crippen LogP contribution >= 0.6 is 11.3 Å². The Morgan fingerprint density at radius 3 is 2.49 bits per heavy atom. The first-order valence-corrected chi connectivity index (χ1v) is 12.8. The molecule has 2 aliphatic heterocycles. The second-order valence-electron chi connectivity index (χ2n) is 9.53. The van der Waals surface area contributed by atoms with Crippen molar-refractivity contribution in [2.75, 3.05) is 60.3 Å². The molecule has 0 saturated carbocycles. The van der Waals surface area contributed by atoms with Crippen LogP contribution in [0.25, 0.3) is 0 Å². The van der Waals surface area contributed by atoms with Crippen molar-refractivity contribution in [3.05, 3.63) is 40.7 Å². The Hall–Kier alpha value is -3.24. The largest absolute Gasteiger partial charge is 0.369 e. The van der Waals surface area contributed by atoms with Crippen LogP contribution in [-0.4, -0.2) is 72.1 Å². The van der Waals surface area contributed by atoms with Gasteiger partial charge >= 0.3 is 0 Å². The normalized spacial score (nSPS) is 16.4. The lowest BCUT2D eigenvalue weighted by molar-refractivity contribution is 0.0977. The highest BCUT2D eigenvalue weighted by atomic mass is 32.1. The monoisotopic (exact) mass is 492 g/mol. The summed E-state index contributed by atoms with van der Waals surface area (Å²) < 4.78 is 0. The molecule has 0 spiro atoms. The number of rotatable bonds is 4. The molecule has 1 saturated heterocycles. The van der Waals surface area contributed by atoms with Gasteiger partial charge in [0.2, 0.25) is 5.95 Å². The maximum atomic E-state index is 13.4. The van der Waals surface area contributed by atoms with Crippen molar-refractivity contribution in [1.82, 2.24) is 19.9 Å². The number of nitrogens with zero attached hydrogens (tertiary/aromatic N) is 7. The summed E-state index contributed by atoms with van der Waals surface area (Å²) in [4.78, 5) is 35.8. The number of aryl methyl sites for hydroxylation is 2. The standard InChI is InChI=1S/C25H32N8OS/c1-15(2)33-20-14-26-25(29-22(20)31(6)24-21(23(33)34)27-17(4)35-24)28-19-8-7-18(13-16(19)3)32-11-9-30(5)10-12-32/h7-8,13-15H,9-12H2,1-6H3,(H,26,28,29). The Morgan fingerprint density at radius 1 is 1.06 bits per heavy atom. The van der Waals surface area contributed by atoms with E-state index in [2.05, 4.69) is 57.3 Å². The van der Waals surface area contributed by atoms with Gasteiger partial charge in [-0.05, 0) is 58.5 Å². The molecule has 0 bridgehead atoms. The van der Waals surface area contributed by atoms with Gasteiger partial charge < -0.3 is 20.0 Å². The molecule has 1 fully saturated rings. The van der Waals surface area contributed by atoms with Gasteiger partial charge in [0.25, 0.3) is 5.91 Å². The van der Waals surface area contributed by atoms with E-state index in [1.54, 1.807) is 11.1 Å². The first-order valence-electron chi connectivity index (χ1n) is 12.0. The van der Waals surface area contributed by atoms with Crippen molar-refractivity contribution in [2.24, 2.45) is 0 Å². The smallest absolute Gasteiger partial charge is 0.280 e. The van der Waals surface area contributed by atoms with Crippen LogP contribution in [0, 0.1) is 13.8 Å². The maximum Gasteiger partial charge on any atom is 0.280 e. The number of thiazole rings is 1. The van der Waals surface area contributed by atoms with Gasteiger partial charge in [-0.1, -0.05) is 0 Å². The minimum Gasteiger partial charge on any atom is -0.369 e. The average molecular weight is 493 g/mol. The van der Waals surface area contributed by atoms with E-state index < -0.39 is 0 Å². The fraction of sp³-hybridized carbons (Fsp3) is 0.440. The summed E-state index contributed by atoms with van der Waals surface area (Å²) in [5, 5.41) is 5.05. The van der Waals surface area contributed by atoms with Crippen LogP contribution in [0.15, 0.2) is 24.4 Å². The Bertz CT molecular complexity index is 1260. The molecule has 5 rings (SSSR count). The lowest BCUT2D eigenvalue weighted by atomic mass is 10.1. The molecule has 4 heterocycles. The van der Waals surface area contributed by atoms with Crippen LogP contribution in [0.4, 0.5) is 33.8 Å². The quantitative estimate of drug-likeness (QED) is 0.581. The molecule has 1 aromatic carbocycles. The second-order valence-corrected chi connectivity index (χ2v) is 10.7. The number of hydrogen-bond donors (Lipinski definition) is 1. The zero-order valence-electron chi connectivity index (χ0n) is 21.2. The number of benzene rings is 1.